The second-order valence-corrected chi connectivity index (χ2v) is 5.55. The van der Waals surface area contributed by atoms with Gasteiger partial charge in [-0.05, 0) is 12.1 Å². The highest BCUT2D eigenvalue weighted by Gasteiger charge is 2.06. The maximum atomic E-state index is 11.6. The zero-order chi connectivity index (χ0) is 15.6. The van der Waals surface area contributed by atoms with Crippen molar-refractivity contribution >= 4 is 42.1 Å². The number of pyridine rings is 1. The quantitative estimate of drug-likeness (QED) is 0.637. The normalized spacial score (nSPS) is 9.71. The van der Waals surface area contributed by atoms with E-state index in [0.29, 0.717) is 26.2 Å². The Labute approximate surface area is 158 Å². The molecule has 0 saturated heterocycles. The van der Waals surface area contributed by atoms with Crippen LogP contribution in [0.25, 0.3) is 11.4 Å². The lowest BCUT2D eigenvalue weighted by Crippen LogP contribution is -2.36. The van der Waals surface area contributed by atoms with Crippen LogP contribution in [0, 0.1) is 0 Å². The summed E-state index contributed by atoms with van der Waals surface area (Å²) in [5.74, 6) is -0.0161. The van der Waals surface area contributed by atoms with E-state index in [2.05, 4.69) is 20.6 Å². The van der Waals surface area contributed by atoms with Gasteiger partial charge in [-0.25, -0.2) is 4.98 Å². The minimum atomic E-state index is -0.0161. The highest BCUT2D eigenvalue weighted by atomic mass is 35.5. The Kier molecular flexibility index (Phi) is 12.4. The zero-order valence-electron chi connectivity index (χ0n) is 13.4. The zero-order valence-corrected chi connectivity index (χ0v) is 15.8. The van der Waals surface area contributed by atoms with Gasteiger partial charge in [0.15, 0.2) is 0 Å². The number of halogens is 2. The van der Waals surface area contributed by atoms with Gasteiger partial charge in [-0.15, -0.1) is 36.2 Å². The van der Waals surface area contributed by atoms with E-state index >= 15 is 0 Å². The third kappa shape index (κ3) is 8.03. The number of carbonyl (C=O) groups is 1. The first-order chi connectivity index (χ1) is 10.8. The van der Waals surface area contributed by atoms with Crippen LogP contribution in [0.4, 0.5) is 0 Å². The average Bonchev–Trinajstić information content (AvgIpc) is 3.01. The molecule has 2 aromatic rings. The molecule has 0 saturated carbocycles. The fourth-order valence-corrected chi connectivity index (χ4v) is 2.60. The van der Waals surface area contributed by atoms with E-state index in [0.717, 1.165) is 22.8 Å². The van der Waals surface area contributed by atoms with Crippen LogP contribution in [-0.2, 0) is 16.0 Å². The summed E-state index contributed by atoms with van der Waals surface area (Å²) in [6.07, 6.45) is 2.48. The van der Waals surface area contributed by atoms with Crippen molar-refractivity contribution in [1.29, 1.82) is 0 Å². The van der Waals surface area contributed by atoms with Crippen molar-refractivity contribution in [2.45, 2.75) is 6.42 Å². The Morgan fingerprint density at radius 3 is 2.79 bits per heavy atom. The molecule has 24 heavy (non-hydrogen) atoms. The van der Waals surface area contributed by atoms with Gasteiger partial charge in [0.05, 0.1) is 29.5 Å². The number of methoxy groups -OCH3 is 1. The van der Waals surface area contributed by atoms with Gasteiger partial charge in [0.1, 0.15) is 0 Å². The molecule has 0 spiro atoms. The molecule has 0 radical (unpaired) electrons. The molecule has 2 N–H and O–H groups in total. The fourth-order valence-electron chi connectivity index (χ4n) is 1.81. The first-order valence-electron chi connectivity index (χ1n) is 7.12. The van der Waals surface area contributed by atoms with Crippen LogP contribution in [-0.4, -0.2) is 49.2 Å². The number of rotatable bonds is 9. The SMILES string of the molecule is COCCNCC(=O)NCCc1nc(-c2ccccn2)cs1.Cl.Cl. The number of hydrogen-bond donors (Lipinski definition) is 2. The van der Waals surface area contributed by atoms with Gasteiger partial charge < -0.3 is 15.4 Å². The number of carbonyl (C=O) groups excluding carboxylic acids is 1. The maximum Gasteiger partial charge on any atom is 0.233 e. The molecule has 2 rings (SSSR count). The summed E-state index contributed by atoms with van der Waals surface area (Å²) in [7, 11) is 1.63. The summed E-state index contributed by atoms with van der Waals surface area (Å²) in [6, 6.07) is 5.76. The number of amides is 1. The molecule has 0 aliphatic heterocycles. The minimum Gasteiger partial charge on any atom is -0.383 e. The molecule has 0 bridgehead atoms. The van der Waals surface area contributed by atoms with Crippen molar-refractivity contribution in [3.8, 4) is 11.4 Å². The summed E-state index contributed by atoms with van der Waals surface area (Å²) in [5.41, 5.74) is 1.75. The highest BCUT2D eigenvalue weighted by molar-refractivity contribution is 7.09. The summed E-state index contributed by atoms with van der Waals surface area (Å²) in [5, 5.41) is 8.85. The average molecular weight is 393 g/mol. The molecular weight excluding hydrogens is 371 g/mol. The number of thiazole rings is 1. The maximum absolute atomic E-state index is 11.6. The Morgan fingerprint density at radius 2 is 2.08 bits per heavy atom. The Hall–Kier alpha value is -1.25. The lowest BCUT2D eigenvalue weighted by Gasteiger charge is -2.05. The molecule has 0 aromatic carbocycles. The predicted molar refractivity (Wildman–Crippen MR) is 101 cm³/mol. The molecule has 9 heteroatoms. The standard InChI is InChI=1S/C15H20N4O2S.2ClH/c1-21-9-8-16-10-14(20)18-7-5-15-19-13(11-22-15)12-4-2-3-6-17-12;;/h2-4,6,11,16H,5,7-10H2,1H3,(H,18,20);2*1H. The van der Waals surface area contributed by atoms with Gasteiger partial charge in [-0.1, -0.05) is 6.07 Å². The topological polar surface area (TPSA) is 76.1 Å². The van der Waals surface area contributed by atoms with Crippen LogP contribution < -0.4 is 10.6 Å². The van der Waals surface area contributed by atoms with E-state index in [4.69, 9.17) is 4.74 Å². The van der Waals surface area contributed by atoms with Crippen molar-refractivity contribution in [2.75, 3.05) is 33.4 Å². The largest absolute Gasteiger partial charge is 0.383 e. The Balaban J connectivity index is 0.00000264. The first kappa shape index (κ1) is 22.8. The van der Waals surface area contributed by atoms with Crippen LogP contribution in [0.15, 0.2) is 29.8 Å². The van der Waals surface area contributed by atoms with Crippen molar-refractivity contribution in [3.05, 3.63) is 34.8 Å². The molecule has 0 aliphatic carbocycles. The molecule has 6 nitrogen and oxygen atoms in total. The van der Waals surface area contributed by atoms with Crippen LogP contribution in [0.5, 0.6) is 0 Å². The van der Waals surface area contributed by atoms with Crippen LogP contribution >= 0.6 is 36.2 Å². The van der Waals surface area contributed by atoms with Gasteiger partial charge in [-0.2, -0.15) is 0 Å². The molecule has 0 fully saturated rings. The van der Waals surface area contributed by atoms with Crippen LogP contribution in [0.1, 0.15) is 5.01 Å². The fraction of sp³-hybridized carbons (Fsp3) is 0.400. The lowest BCUT2D eigenvalue weighted by atomic mass is 10.3. The number of ether oxygens (including phenoxy) is 1. The molecule has 0 atom stereocenters. The summed E-state index contributed by atoms with van der Waals surface area (Å²) in [4.78, 5) is 20.4. The van der Waals surface area contributed by atoms with Crippen molar-refractivity contribution in [1.82, 2.24) is 20.6 Å². The van der Waals surface area contributed by atoms with E-state index in [1.165, 1.54) is 0 Å². The van der Waals surface area contributed by atoms with Crippen LogP contribution in [0.3, 0.4) is 0 Å². The van der Waals surface area contributed by atoms with Gasteiger partial charge in [0.2, 0.25) is 5.91 Å². The van der Waals surface area contributed by atoms with Gasteiger partial charge in [0, 0.05) is 38.2 Å². The van der Waals surface area contributed by atoms with Gasteiger partial charge in [-0.3, -0.25) is 9.78 Å². The number of aromatic nitrogens is 2. The predicted octanol–water partition coefficient (Wildman–Crippen LogP) is 1.94. The summed E-state index contributed by atoms with van der Waals surface area (Å²) < 4.78 is 4.90. The highest BCUT2D eigenvalue weighted by Crippen LogP contribution is 2.19. The molecule has 2 heterocycles. The van der Waals surface area contributed by atoms with Gasteiger partial charge in [0.25, 0.3) is 0 Å². The van der Waals surface area contributed by atoms with Crippen molar-refractivity contribution in [3.63, 3.8) is 0 Å². The van der Waals surface area contributed by atoms with E-state index in [1.807, 2.05) is 23.6 Å². The van der Waals surface area contributed by atoms with E-state index < -0.39 is 0 Å². The molecular formula is C15H22Cl2N4O2S. The van der Waals surface area contributed by atoms with Gasteiger partial charge >= 0.3 is 0 Å². The second-order valence-electron chi connectivity index (χ2n) is 4.61. The number of nitrogens with zero attached hydrogens (tertiary/aromatic N) is 2. The second kappa shape index (κ2) is 13.1. The summed E-state index contributed by atoms with van der Waals surface area (Å²) in [6.45, 7) is 2.16. The Morgan fingerprint density at radius 1 is 1.25 bits per heavy atom. The molecule has 0 unspecified atom stereocenters. The first-order valence-corrected chi connectivity index (χ1v) is 7.99. The molecule has 134 valence electrons. The Bertz CT molecular complexity index is 584. The number of nitrogens with one attached hydrogen (secondary N) is 2. The van der Waals surface area contributed by atoms with Crippen LogP contribution in [0.2, 0.25) is 0 Å². The molecule has 2 aromatic heterocycles. The minimum absolute atomic E-state index is 0. The third-order valence-corrected chi connectivity index (χ3v) is 3.82. The molecule has 1 amide bonds. The van der Waals surface area contributed by atoms with E-state index in [1.54, 1.807) is 24.6 Å². The van der Waals surface area contributed by atoms with Crippen molar-refractivity contribution in [2.24, 2.45) is 0 Å². The van der Waals surface area contributed by atoms with E-state index in [9.17, 15) is 4.79 Å². The third-order valence-electron chi connectivity index (χ3n) is 2.91. The lowest BCUT2D eigenvalue weighted by molar-refractivity contribution is -0.120. The molecule has 0 aliphatic rings. The van der Waals surface area contributed by atoms with E-state index in [-0.39, 0.29) is 30.7 Å². The number of hydrogen-bond acceptors (Lipinski definition) is 6. The smallest absolute Gasteiger partial charge is 0.233 e. The monoisotopic (exact) mass is 392 g/mol. The summed E-state index contributed by atoms with van der Waals surface area (Å²) >= 11 is 1.59. The van der Waals surface area contributed by atoms with Crippen molar-refractivity contribution < 1.29 is 9.53 Å².